The van der Waals surface area contributed by atoms with E-state index in [0.29, 0.717) is 38.4 Å². The fraction of sp³-hybridized carbons (Fsp3) is 0.311. The molecule has 9 heteroatoms. The number of benzene rings is 4. The Labute approximate surface area is 318 Å². The van der Waals surface area contributed by atoms with Crippen LogP contribution in [0.1, 0.15) is 41.5 Å². The largest absolute Gasteiger partial charge is 0.433 e. The van der Waals surface area contributed by atoms with Gasteiger partial charge in [0.2, 0.25) is 6.29 Å². The molecule has 0 bridgehead atoms. The summed E-state index contributed by atoms with van der Waals surface area (Å²) >= 11 is 0. The van der Waals surface area contributed by atoms with Crippen molar-refractivity contribution in [1.82, 2.24) is 5.06 Å². The van der Waals surface area contributed by atoms with Gasteiger partial charge in [0.05, 0.1) is 39.6 Å². The van der Waals surface area contributed by atoms with Gasteiger partial charge in [-0.3, -0.25) is 4.79 Å². The molecule has 0 N–H and O–H groups in total. The highest BCUT2D eigenvalue weighted by Crippen LogP contribution is 2.32. The third-order valence-electron chi connectivity index (χ3n) is 8.96. The lowest BCUT2D eigenvalue weighted by Gasteiger charge is -2.45. The first-order chi connectivity index (χ1) is 26.6. The summed E-state index contributed by atoms with van der Waals surface area (Å²) in [5, 5.41) is 1.69. The van der Waals surface area contributed by atoms with Crippen LogP contribution in [0.25, 0.3) is 0 Å². The van der Waals surface area contributed by atoms with E-state index in [1.54, 1.807) is 5.06 Å². The molecule has 0 aliphatic carbocycles. The lowest BCUT2D eigenvalue weighted by Crippen LogP contribution is -2.62. The molecule has 9 nitrogen and oxygen atoms in total. The molecule has 0 spiro atoms. The van der Waals surface area contributed by atoms with Crippen LogP contribution >= 0.6 is 0 Å². The predicted octanol–water partition coefficient (Wildman–Crippen LogP) is 8.23. The molecule has 4 aromatic carbocycles. The fourth-order valence-electron chi connectivity index (χ4n) is 6.19. The maximum absolute atomic E-state index is 13.5. The van der Waals surface area contributed by atoms with Crippen LogP contribution in [0, 0.1) is 0 Å². The van der Waals surface area contributed by atoms with Crippen molar-refractivity contribution in [2.24, 2.45) is 0 Å². The first-order valence-corrected chi connectivity index (χ1v) is 18.5. The summed E-state index contributed by atoms with van der Waals surface area (Å²) in [5.74, 6) is 0.125. The van der Waals surface area contributed by atoms with Gasteiger partial charge in [-0.1, -0.05) is 140 Å². The molecule has 5 atom stereocenters. The normalized spacial score (nSPS) is 20.7. The number of hydrogen-bond donors (Lipinski definition) is 0. The molecule has 0 saturated carbocycles. The molecule has 0 amide bonds. The van der Waals surface area contributed by atoms with Crippen LogP contribution in [0.3, 0.4) is 0 Å². The maximum Gasteiger partial charge on any atom is 0.308 e. The van der Waals surface area contributed by atoms with E-state index < -0.39 is 36.7 Å². The standard InChI is InChI=1S/C45H49NO8/c1-35(54-46-28-15-6-16-29-46)18-17-27-41(47)53-45-44(51-33-39-25-13-5-14-26-39)43(50-32-38-23-11-4-12-24-38)42(49-31-37-21-9-3-10-22-37)40(52-45)34-48-30-36-19-7-2-8-20-36/h2-16,19-26,28,40,42-45H,1,17-18,27,29-34H2/t40-,42-,43+,44-,45?/m1/s1. The van der Waals surface area contributed by atoms with Crippen molar-refractivity contribution in [3.8, 4) is 0 Å². The molecular weight excluding hydrogens is 682 g/mol. The summed E-state index contributed by atoms with van der Waals surface area (Å²) in [7, 11) is 0. The molecule has 1 saturated heterocycles. The second kappa shape index (κ2) is 21.0. The molecule has 2 aliphatic heterocycles. The molecule has 0 radical (unpaired) electrons. The first kappa shape index (κ1) is 38.7. The van der Waals surface area contributed by atoms with E-state index in [-0.39, 0.29) is 26.2 Å². The maximum atomic E-state index is 13.5. The number of hydrogen-bond acceptors (Lipinski definition) is 9. The smallest absolute Gasteiger partial charge is 0.308 e. The fourth-order valence-corrected chi connectivity index (χ4v) is 6.19. The Kier molecular flexibility index (Phi) is 15.1. The summed E-state index contributed by atoms with van der Waals surface area (Å²) in [6.45, 7) is 6.02. The quantitative estimate of drug-likeness (QED) is 0.0660. The average Bonchev–Trinajstić information content (AvgIpc) is 3.21. The zero-order valence-corrected chi connectivity index (χ0v) is 30.5. The van der Waals surface area contributed by atoms with Crippen LogP contribution in [-0.4, -0.2) is 54.9 Å². The summed E-state index contributed by atoms with van der Waals surface area (Å²) in [6, 6.07) is 39.7. The number of allylic oxidation sites excluding steroid dienone is 3. The summed E-state index contributed by atoms with van der Waals surface area (Å²) < 4.78 is 39.1. The van der Waals surface area contributed by atoms with Crippen molar-refractivity contribution in [2.45, 2.75) is 76.4 Å². The van der Waals surface area contributed by atoms with Crippen LogP contribution in [0.4, 0.5) is 0 Å². The molecule has 282 valence electrons. The van der Waals surface area contributed by atoms with Crippen molar-refractivity contribution in [3.05, 3.63) is 180 Å². The minimum Gasteiger partial charge on any atom is -0.433 e. The van der Waals surface area contributed by atoms with Gasteiger partial charge in [0.15, 0.2) is 0 Å². The van der Waals surface area contributed by atoms with Crippen molar-refractivity contribution in [2.75, 3.05) is 13.2 Å². The third kappa shape index (κ3) is 12.3. The average molecular weight is 732 g/mol. The Bertz CT molecular complexity index is 1750. The minimum atomic E-state index is -1.10. The molecule has 0 aromatic heterocycles. The van der Waals surface area contributed by atoms with E-state index in [0.717, 1.165) is 22.3 Å². The van der Waals surface area contributed by atoms with Gasteiger partial charge in [-0.15, -0.1) is 0 Å². The van der Waals surface area contributed by atoms with Crippen LogP contribution in [0.2, 0.25) is 0 Å². The molecule has 2 heterocycles. The Morgan fingerprint density at radius 1 is 0.648 bits per heavy atom. The molecule has 4 aromatic rings. The van der Waals surface area contributed by atoms with Crippen LogP contribution in [-0.2, 0) is 64.5 Å². The number of carbonyl (C=O) groups is 1. The van der Waals surface area contributed by atoms with Gasteiger partial charge in [0.25, 0.3) is 0 Å². The van der Waals surface area contributed by atoms with Gasteiger partial charge in [0.1, 0.15) is 30.2 Å². The van der Waals surface area contributed by atoms with E-state index in [2.05, 4.69) is 6.58 Å². The molecular formula is C45H49NO8. The van der Waals surface area contributed by atoms with Crippen molar-refractivity contribution >= 4 is 5.97 Å². The van der Waals surface area contributed by atoms with Crippen molar-refractivity contribution in [1.29, 1.82) is 0 Å². The zero-order valence-electron chi connectivity index (χ0n) is 30.5. The topological polar surface area (TPSA) is 84.9 Å². The van der Waals surface area contributed by atoms with E-state index in [4.69, 9.17) is 33.3 Å². The molecule has 54 heavy (non-hydrogen) atoms. The van der Waals surface area contributed by atoms with Crippen molar-refractivity contribution < 1.29 is 38.1 Å². The van der Waals surface area contributed by atoms with Gasteiger partial charge in [-0.25, -0.2) is 5.06 Å². The van der Waals surface area contributed by atoms with Crippen molar-refractivity contribution in [3.63, 3.8) is 0 Å². The molecule has 1 fully saturated rings. The number of nitrogens with zero attached hydrogens (tertiary/aromatic N) is 1. The summed E-state index contributed by atoms with van der Waals surface area (Å²) in [5.41, 5.74) is 3.96. The highest BCUT2D eigenvalue weighted by molar-refractivity contribution is 5.69. The second-order valence-corrected chi connectivity index (χ2v) is 13.2. The molecule has 1 unspecified atom stereocenters. The SMILES string of the molecule is C=C(CCCC(=O)OC1O[C@H](COCc2ccccc2)[C@@H](OCc2ccccc2)[C@H](OCc2ccccc2)[C@H]1OCc1ccccc1)ON1C=CC=CC1. The Hall–Kier alpha value is -5.03. The van der Waals surface area contributed by atoms with Crippen LogP contribution in [0.15, 0.2) is 158 Å². The Balaban J connectivity index is 1.22. The lowest BCUT2D eigenvalue weighted by molar-refractivity contribution is -0.320. The van der Waals surface area contributed by atoms with E-state index in [1.165, 1.54) is 0 Å². The van der Waals surface area contributed by atoms with Gasteiger partial charge in [0, 0.05) is 19.0 Å². The van der Waals surface area contributed by atoms with Gasteiger partial charge < -0.3 is 33.3 Å². The molecule has 2 aliphatic rings. The highest BCUT2D eigenvalue weighted by atomic mass is 16.7. The second-order valence-electron chi connectivity index (χ2n) is 13.2. The summed E-state index contributed by atoms with van der Waals surface area (Å²) in [6.07, 6.45) is 4.82. The highest BCUT2D eigenvalue weighted by Gasteiger charge is 2.50. The van der Waals surface area contributed by atoms with Gasteiger partial charge in [-0.05, 0) is 34.8 Å². The number of hydroxylamine groups is 2. The Morgan fingerprint density at radius 3 is 1.70 bits per heavy atom. The van der Waals surface area contributed by atoms with E-state index in [1.807, 2.05) is 146 Å². The first-order valence-electron chi connectivity index (χ1n) is 18.5. The zero-order chi connectivity index (χ0) is 37.2. The van der Waals surface area contributed by atoms with Crippen LogP contribution in [0.5, 0.6) is 0 Å². The lowest BCUT2D eigenvalue weighted by atomic mass is 9.97. The van der Waals surface area contributed by atoms with Gasteiger partial charge >= 0.3 is 5.97 Å². The Morgan fingerprint density at radius 2 is 1.17 bits per heavy atom. The number of carbonyl (C=O) groups excluding carboxylic acids is 1. The minimum absolute atomic E-state index is 0.127. The molecule has 6 rings (SSSR count). The summed E-state index contributed by atoms with van der Waals surface area (Å²) in [4.78, 5) is 19.3. The number of esters is 1. The number of ether oxygens (including phenoxy) is 6. The predicted molar refractivity (Wildman–Crippen MR) is 205 cm³/mol. The number of rotatable bonds is 20. The van der Waals surface area contributed by atoms with E-state index >= 15 is 0 Å². The van der Waals surface area contributed by atoms with E-state index in [9.17, 15) is 4.79 Å². The van der Waals surface area contributed by atoms with Gasteiger partial charge in [-0.2, -0.15) is 0 Å². The monoisotopic (exact) mass is 731 g/mol. The third-order valence-corrected chi connectivity index (χ3v) is 8.96. The van der Waals surface area contributed by atoms with Crippen LogP contribution < -0.4 is 0 Å².